The van der Waals surface area contributed by atoms with Crippen LogP contribution in [-0.2, 0) is 4.74 Å². The number of hydrogen-bond donors (Lipinski definition) is 0. The van der Waals surface area contributed by atoms with Crippen molar-refractivity contribution in [2.24, 2.45) is 0 Å². The van der Waals surface area contributed by atoms with Gasteiger partial charge in [0.15, 0.2) is 0 Å². The predicted octanol–water partition coefficient (Wildman–Crippen LogP) is 5.73. The summed E-state index contributed by atoms with van der Waals surface area (Å²) in [6.45, 7) is 15.2. The Morgan fingerprint density at radius 3 is 1.88 bits per heavy atom. The third kappa shape index (κ3) is 18.9. The van der Waals surface area contributed by atoms with Crippen LogP contribution in [0.3, 0.4) is 0 Å². The third-order valence-electron chi connectivity index (χ3n) is 1.62. The molecule has 98 valence electrons. The minimum Gasteiger partial charge on any atom is -0.501 e. The molecule has 0 aromatic carbocycles. The Balaban J connectivity index is -0.000000181. The monoisotopic (exact) mass is 228 g/mol. The predicted molar refractivity (Wildman–Crippen MR) is 76.7 cm³/mol. The van der Waals surface area contributed by atoms with E-state index in [1.165, 1.54) is 18.4 Å². The molecule has 0 N–H and O–H groups in total. The van der Waals surface area contributed by atoms with Crippen molar-refractivity contribution < 1.29 is 4.74 Å². The number of unbranched alkanes of at least 4 members (excludes halogenated alkanes) is 1. The summed E-state index contributed by atoms with van der Waals surface area (Å²) in [7, 11) is 0. The van der Waals surface area contributed by atoms with Gasteiger partial charge in [0.1, 0.15) is 0 Å². The average molecular weight is 228 g/mol. The quantitative estimate of drug-likeness (QED) is 0.587. The second kappa shape index (κ2) is 23.8. The Hall–Kier alpha value is -0.720. The molecule has 0 aromatic heterocycles. The zero-order valence-electron chi connectivity index (χ0n) is 12.5. The van der Waals surface area contributed by atoms with Crippen molar-refractivity contribution in [3.63, 3.8) is 0 Å². The lowest BCUT2D eigenvalue weighted by molar-refractivity contribution is 0.281. The molecule has 0 bridgehead atoms. The number of rotatable bonds is 2. The van der Waals surface area contributed by atoms with Crippen molar-refractivity contribution in [3.8, 4) is 0 Å². The fourth-order valence-corrected chi connectivity index (χ4v) is 0.738. The van der Waals surface area contributed by atoms with Crippen molar-refractivity contribution in [2.45, 2.75) is 67.7 Å². The van der Waals surface area contributed by atoms with E-state index in [1.807, 2.05) is 47.0 Å². The van der Waals surface area contributed by atoms with Crippen LogP contribution in [0.4, 0.5) is 0 Å². The van der Waals surface area contributed by atoms with Crippen molar-refractivity contribution >= 4 is 0 Å². The fraction of sp³-hybridized carbons (Fsp3) is 0.733. The molecule has 0 fully saturated rings. The van der Waals surface area contributed by atoms with Crippen LogP contribution < -0.4 is 0 Å². The Kier molecular flexibility index (Phi) is 30.8. The fourth-order valence-electron chi connectivity index (χ4n) is 0.738. The van der Waals surface area contributed by atoms with Crippen LogP contribution in [0.15, 0.2) is 24.0 Å². The third-order valence-corrected chi connectivity index (χ3v) is 1.62. The lowest BCUT2D eigenvalue weighted by Crippen LogP contribution is -1.74. The smallest absolute Gasteiger partial charge is 0.0914 e. The van der Waals surface area contributed by atoms with Crippen molar-refractivity contribution in [1.82, 2.24) is 0 Å². The van der Waals surface area contributed by atoms with Crippen LogP contribution in [0.5, 0.6) is 0 Å². The van der Waals surface area contributed by atoms with Gasteiger partial charge in [-0.2, -0.15) is 0 Å². The summed E-state index contributed by atoms with van der Waals surface area (Å²) in [5.74, 6) is 0. The highest BCUT2D eigenvalue weighted by molar-refractivity contribution is 5.17. The van der Waals surface area contributed by atoms with Gasteiger partial charge in [-0.25, -0.2) is 0 Å². The highest BCUT2D eigenvalue weighted by Crippen LogP contribution is 2.10. The lowest BCUT2D eigenvalue weighted by Gasteiger charge is -1.81. The molecule has 0 aliphatic carbocycles. The highest BCUT2D eigenvalue weighted by Gasteiger charge is 1.98. The first-order valence-electron chi connectivity index (χ1n) is 6.78. The normalized spacial score (nSPS) is 12.1. The average Bonchev–Trinajstić information content (AvgIpc) is 2.88. The topological polar surface area (TPSA) is 9.23 Å². The van der Waals surface area contributed by atoms with E-state index in [0.29, 0.717) is 0 Å². The molecule has 1 nitrogen and oxygen atoms in total. The first-order valence-corrected chi connectivity index (χ1v) is 6.78. The second-order valence-electron chi connectivity index (χ2n) is 2.81. The lowest BCUT2D eigenvalue weighted by atomic mass is 10.2. The Morgan fingerprint density at radius 1 is 1.12 bits per heavy atom. The Labute approximate surface area is 104 Å². The maximum absolute atomic E-state index is 5.00. The molecule has 1 rings (SSSR count). The minimum atomic E-state index is 0.861. The molecule has 0 aromatic rings. The van der Waals surface area contributed by atoms with Gasteiger partial charge in [0.25, 0.3) is 0 Å². The summed E-state index contributed by atoms with van der Waals surface area (Å²) in [6, 6.07) is 0. The summed E-state index contributed by atoms with van der Waals surface area (Å²) < 4.78 is 5.00. The molecular formula is C15H32O. The molecule has 1 aliphatic rings. The van der Waals surface area contributed by atoms with Crippen LogP contribution >= 0.6 is 0 Å². The van der Waals surface area contributed by atoms with Gasteiger partial charge in [-0.1, -0.05) is 66.5 Å². The van der Waals surface area contributed by atoms with Crippen LogP contribution in [0, 0.1) is 0 Å². The maximum Gasteiger partial charge on any atom is 0.0914 e. The number of allylic oxidation sites excluding steroid dienone is 2. The second-order valence-corrected chi connectivity index (χ2v) is 2.81. The highest BCUT2D eigenvalue weighted by atomic mass is 16.5. The van der Waals surface area contributed by atoms with E-state index in [4.69, 9.17) is 4.74 Å². The first-order chi connectivity index (χ1) is 7.85. The van der Waals surface area contributed by atoms with E-state index in [2.05, 4.69) is 19.9 Å². The van der Waals surface area contributed by atoms with Gasteiger partial charge in [0, 0.05) is 6.42 Å². The van der Waals surface area contributed by atoms with Crippen LogP contribution in [0.2, 0.25) is 0 Å². The van der Waals surface area contributed by atoms with E-state index in [1.54, 1.807) is 0 Å². The standard InChI is InChI=1S/C7H10O.C4H10.2C2H6/c1-2-3-7-4-5-8-6-7;1-3-4-2;2*1-2/h2-3,6H,4-5H2,1H3;3-4H2,1-2H3;2*1-2H3/b3-2+;;;. The molecule has 0 spiro atoms. The number of ether oxygens (including phenoxy) is 1. The van der Waals surface area contributed by atoms with Gasteiger partial charge in [-0.05, 0) is 12.5 Å². The summed E-state index contributed by atoms with van der Waals surface area (Å²) in [5, 5.41) is 0. The van der Waals surface area contributed by atoms with Crippen molar-refractivity contribution in [3.05, 3.63) is 24.0 Å². The van der Waals surface area contributed by atoms with E-state index in [-0.39, 0.29) is 0 Å². The zero-order valence-corrected chi connectivity index (χ0v) is 12.5. The van der Waals surface area contributed by atoms with Crippen molar-refractivity contribution in [2.75, 3.05) is 6.61 Å². The van der Waals surface area contributed by atoms with Crippen molar-refractivity contribution in [1.29, 1.82) is 0 Å². The van der Waals surface area contributed by atoms with Gasteiger partial charge >= 0.3 is 0 Å². The summed E-state index contributed by atoms with van der Waals surface area (Å²) in [4.78, 5) is 0. The molecule has 1 heteroatoms. The zero-order chi connectivity index (χ0) is 13.2. The molecule has 1 heterocycles. The van der Waals surface area contributed by atoms with E-state index in [0.717, 1.165) is 13.0 Å². The van der Waals surface area contributed by atoms with Crippen LogP contribution in [0.25, 0.3) is 0 Å². The molecule has 16 heavy (non-hydrogen) atoms. The molecule has 1 aliphatic heterocycles. The SMILES string of the molecule is C/C=C/C1=COCC1.CC.CC.CCCC. The van der Waals surface area contributed by atoms with E-state index < -0.39 is 0 Å². The van der Waals surface area contributed by atoms with Gasteiger partial charge in [-0.3, -0.25) is 0 Å². The summed E-state index contributed by atoms with van der Waals surface area (Å²) in [6.07, 6.45) is 9.64. The van der Waals surface area contributed by atoms with Crippen LogP contribution in [0.1, 0.15) is 67.7 Å². The van der Waals surface area contributed by atoms with Gasteiger partial charge in [-0.15, -0.1) is 0 Å². The number of hydrogen-bond acceptors (Lipinski definition) is 1. The molecule has 0 amide bonds. The molecule has 0 atom stereocenters. The van der Waals surface area contributed by atoms with E-state index >= 15 is 0 Å². The maximum atomic E-state index is 5.00. The Bertz CT molecular complexity index is 144. The summed E-state index contributed by atoms with van der Waals surface area (Å²) >= 11 is 0. The summed E-state index contributed by atoms with van der Waals surface area (Å²) in [5.41, 5.74) is 1.30. The molecular weight excluding hydrogens is 196 g/mol. The first kappa shape index (κ1) is 20.7. The molecule has 0 unspecified atom stereocenters. The largest absolute Gasteiger partial charge is 0.501 e. The molecule has 0 saturated carbocycles. The minimum absolute atomic E-state index is 0.861. The Morgan fingerprint density at radius 2 is 1.62 bits per heavy atom. The van der Waals surface area contributed by atoms with E-state index in [9.17, 15) is 0 Å². The van der Waals surface area contributed by atoms with Crippen LogP contribution in [-0.4, -0.2) is 6.61 Å². The van der Waals surface area contributed by atoms with Gasteiger partial charge in [0.2, 0.25) is 0 Å². The van der Waals surface area contributed by atoms with Gasteiger partial charge < -0.3 is 4.74 Å². The molecule has 0 saturated heterocycles. The van der Waals surface area contributed by atoms with Gasteiger partial charge in [0.05, 0.1) is 12.9 Å². The molecule has 0 radical (unpaired) electrons.